The van der Waals surface area contributed by atoms with E-state index in [4.69, 9.17) is 33.2 Å². The summed E-state index contributed by atoms with van der Waals surface area (Å²) in [5, 5.41) is 7.78. The molecule has 52 heavy (non-hydrogen) atoms. The van der Waals surface area contributed by atoms with Crippen molar-refractivity contribution in [3.05, 3.63) is 152 Å². The molecule has 6 nitrogen and oxygen atoms in total. The minimum Gasteiger partial charge on any atom is -0.322 e. The maximum Gasteiger partial charge on any atom is 0.256 e. The standard InChI is InChI=1S/C42H28Cl2N4O2S2/c1-23-19-25(11-13-31(23)47-41(49)29-21-35(37-15-17-39(43)51-37)45-33-9-5-3-7-27(29)33)26-12-14-32(24(2)20-26)48-42(50)30-22-36(38-16-18-40(44)52-38)46-34-10-6-4-8-28(30)34/h3-22H,1-2H3,(H,47,49)(H,48,50). The summed E-state index contributed by atoms with van der Waals surface area (Å²) in [6.45, 7) is 3.95. The first kappa shape index (κ1) is 33.7. The molecule has 0 unspecified atom stereocenters. The number of aromatic nitrogens is 2. The zero-order valence-electron chi connectivity index (χ0n) is 27.8. The second kappa shape index (κ2) is 14.0. The lowest BCUT2D eigenvalue weighted by atomic mass is 9.99. The summed E-state index contributed by atoms with van der Waals surface area (Å²) in [7, 11) is 0. The molecule has 0 spiro atoms. The van der Waals surface area contributed by atoms with Crippen LogP contribution in [0.5, 0.6) is 0 Å². The zero-order chi connectivity index (χ0) is 35.9. The highest BCUT2D eigenvalue weighted by Crippen LogP contribution is 2.35. The first-order valence-corrected chi connectivity index (χ1v) is 18.7. The van der Waals surface area contributed by atoms with Gasteiger partial charge >= 0.3 is 0 Å². The Hall–Kier alpha value is -5.38. The van der Waals surface area contributed by atoms with Crippen LogP contribution in [0.1, 0.15) is 31.8 Å². The van der Waals surface area contributed by atoms with E-state index in [0.717, 1.165) is 53.8 Å². The normalized spacial score (nSPS) is 11.2. The fourth-order valence-corrected chi connectivity index (χ4v) is 8.24. The number of halogens is 2. The van der Waals surface area contributed by atoms with E-state index < -0.39 is 0 Å². The first-order valence-electron chi connectivity index (χ1n) is 16.4. The number of nitrogens with zero attached hydrogens (tertiary/aromatic N) is 2. The zero-order valence-corrected chi connectivity index (χ0v) is 31.0. The van der Waals surface area contributed by atoms with E-state index in [1.165, 1.54) is 22.7 Å². The highest BCUT2D eigenvalue weighted by molar-refractivity contribution is 7.19. The minimum atomic E-state index is -0.220. The van der Waals surface area contributed by atoms with Crippen LogP contribution in [0.4, 0.5) is 11.4 Å². The maximum absolute atomic E-state index is 13.8. The Morgan fingerprint density at radius 3 is 1.35 bits per heavy atom. The van der Waals surface area contributed by atoms with Crippen LogP contribution in [0.3, 0.4) is 0 Å². The Morgan fingerprint density at radius 2 is 0.962 bits per heavy atom. The fraction of sp³-hybridized carbons (Fsp3) is 0.0476. The molecule has 0 radical (unpaired) electrons. The quantitative estimate of drug-likeness (QED) is 0.170. The molecule has 0 bridgehead atoms. The third-order valence-electron chi connectivity index (χ3n) is 8.86. The second-order valence-electron chi connectivity index (χ2n) is 12.3. The highest BCUT2D eigenvalue weighted by atomic mass is 35.5. The summed E-state index contributed by atoms with van der Waals surface area (Å²) in [6.07, 6.45) is 0. The van der Waals surface area contributed by atoms with Crippen molar-refractivity contribution < 1.29 is 9.59 Å². The third kappa shape index (κ3) is 6.69. The minimum absolute atomic E-state index is 0.220. The van der Waals surface area contributed by atoms with Gasteiger partial charge in [0, 0.05) is 22.1 Å². The number of para-hydroxylation sites is 2. The van der Waals surface area contributed by atoms with Gasteiger partial charge < -0.3 is 10.6 Å². The van der Waals surface area contributed by atoms with Gasteiger partial charge in [0.25, 0.3) is 11.8 Å². The van der Waals surface area contributed by atoms with Crippen LogP contribution in [0.2, 0.25) is 8.67 Å². The largest absolute Gasteiger partial charge is 0.322 e. The number of aryl methyl sites for hydroxylation is 2. The van der Waals surface area contributed by atoms with Crippen molar-refractivity contribution in [2.24, 2.45) is 0 Å². The van der Waals surface area contributed by atoms with Gasteiger partial charge in [0.15, 0.2) is 0 Å². The molecule has 0 aliphatic heterocycles. The number of carbonyl (C=O) groups is 2. The summed E-state index contributed by atoms with van der Waals surface area (Å²) >= 11 is 15.3. The van der Waals surface area contributed by atoms with Crippen LogP contribution in [-0.2, 0) is 0 Å². The van der Waals surface area contributed by atoms with E-state index >= 15 is 0 Å². The molecule has 8 aromatic rings. The van der Waals surface area contributed by atoms with Crippen molar-refractivity contribution >= 4 is 90.9 Å². The van der Waals surface area contributed by atoms with Gasteiger partial charge in [0.1, 0.15) is 0 Å². The molecule has 8 rings (SSSR count). The molecule has 0 aliphatic rings. The number of anilines is 2. The van der Waals surface area contributed by atoms with Crippen LogP contribution < -0.4 is 10.6 Å². The van der Waals surface area contributed by atoms with Crippen molar-refractivity contribution in [1.82, 2.24) is 9.97 Å². The molecule has 4 heterocycles. The van der Waals surface area contributed by atoms with Crippen molar-refractivity contribution in [2.45, 2.75) is 13.8 Å². The van der Waals surface area contributed by atoms with E-state index in [1.54, 1.807) is 0 Å². The lowest BCUT2D eigenvalue weighted by Gasteiger charge is -2.14. The van der Waals surface area contributed by atoms with Gasteiger partial charge in [-0.3, -0.25) is 9.59 Å². The molecule has 0 saturated carbocycles. The Kier molecular flexibility index (Phi) is 9.07. The second-order valence-corrected chi connectivity index (χ2v) is 15.7. The molecular formula is C42H28Cl2N4O2S2. The first-order chi connectivity index (χ1) is 25.2. The smallest absolute Gasteiger partial charge is 0.256 e. The number of carbonyl (C=O) groups excluding carboxylic acids is 2. The van der Waals surface area contributed by atoms with Gasteiger partial charge in [-0.25, -0.2) is 9.97 Å². The van der Waals surface area contributed by atoms with Gasteiger partial charge in [-0.05, 0) is 109 Å². The van der Waals surface area contributed by atoms with Crippen molar-refractivity contribution in [3.8, 4) is 32.3 Å². The van der Waals surface area contributed by atoms with E-state index in [2.05, 4.69) is 10.6 Å². The van der Waals surface area contributed by atoms with Gasteiger partial charge in [-0.15, -0.1) is 22.7 Å². The molecule has 4 aromatic heterocycles. The van der Waals surface area contributed by atoms with E-state index in [1.807, 2.05) is 135 Å². The van der Waals surface area contributed by atoms with Crippen LogP contribution >= 0.6 is 45.9 Å². The molecular weight excluding hydrogens is 728 g/mol. The Labute approximate surface area is 317 Å². The van der Waals surface area contributed by atoms with E-state index in [9.17, 15) is 9.59 Å². The molecule has 2 N–H and O–H groups in total. The van der Waals surface area contributed by atoms with Crippen molar-refractivity contribution in [3.63, 3.8) is 0 Å². The predicted octanol–water partition coefficient (Wildman–Crippen LogP) is 12.3. The van der Waals surface area contributed by atoms with Crippen molar-refractivity contribution in [2.75, 3.05) is 10.6 Å². The van der Waals surface area contributed by atoms with Gasteiger partial charge in [0.2, 0.25) is 0 Å². The summed E-state index contributed by atoms with van der Waals surface area (Å²) in [5.41, 5.74) is 9.17. The molecule has 4 aromatic carbocycles. The van der Waals surface area contributed by atoms with Crippen LogP contribution in [-0.4, -0.2) is 21.8 Å². The molecule has 0 aliphatic carbocycles. The number of pyridine rings is 2. The van der Waals surface area contributed by atoms with Gasteiger partial charge in [-0.2, -0.15) is 0 Å². The molecule has 254 valence electrons. The van der Waals surface area contributed by atoms with E-state index in [0.29, 0.717) is 42.6 Å². The molecule has 0 atom stereocenters. The highest BCUT2D eigenvalue weighted by Gasteiger charge is 2.18. The Morgan fingerprint density at radius 1 is 0.538 bits per heavy atom. The number of thiophene rings is 2. The lowest BCUT2D eigenvalue weighted by molar-refractivity contribution is 0.102. The lowest BCUT2D eigenvalue weighted by Crippen LogP contribution is -2.14. The number of hydrogen-bond donors (Lipinski definition) is 2. The maximum atomic E-state index is 13.8. The summed E-state index contributed by atoms with van der Waals surface area (Å²) in [5.74, 6) is -0.440. The van der Waals surface area contributed by atoms with Gasteiger partial charge in [-0.1, -0.05) is 71.7 Å². The van der Waals surface area contributed by atoms with Gasteiger partial charge in [0.05, 0.1) is 52.0 Å². The fourth-order valence-electron chi connectivity index (χ4n) is 6.23. The van der Waals surface area contributed by atoms with Crippen LogP contribution in [0.15, 0.2) is 121 Å². The number of nitrogens with one attached hydrogen (secondary N) is 2. The molecule has 2 amide bonds. The molecule has 0 saturated heterocycles. The number of fused-ring (bicyclic) bond motifs is 2. The SMILES string of the molecule is Cc1cc(-c2ccc(NC(=O)c3cc(-c4ccc(Cl)s4)nc4ccccc34)c(C)c2)ccc1NC(=O)c1cc(-c2ccc(Cl)s2)nc2ccccc12. The monoisotopic (exact) mass is 754 g/mol. The summed E-state index contributed by atoms with van der Waals surface area (Å²) < 4.78 is 1.32. The number of amides is 2. The third-order valence-corrected chi connectivity index (χ3v) is 11.4. The summed E-state index contributed by atoms with van der Waals surface area (Å²) in [6, 6.07) is 38.3. The number of hydrogen-bond acceptors (Lipinski definition) is 6. The van der Waals surface area contributed by atoms with Crippen molar-refractivity contribution in [1.29, 1.82) is 0 Å². The predicted molar refractivity (Wildman–Crippen MR) is 217 cm³/mol. The molecule has 0 fully saturated rings. The van der Waals surface area contributed by atoms with E-state index in [-0.39, 0.29) is 11.8 Å². The Bertz CT molecular complexity index is 2520. The summed E-state index contributed by atoms with van der Waals surface area (Å²) in [4.78, 5) is 38.9. The number of benzene rings is 4. The average molecular weight is 756 g/mol. The van der Waals surface area contributed by atoms with Crippen LogP contribution in [0, 0.1) is 13.8 Å². The topological polar surface area (TPSA) is 84.0 Å². The average Bonchev–Trinajstić information content (AvgIpc) is 3.80. The van der Waals surface area contributed by atoms with Crippen LogP contribution in [0.25, 0.3) is 54.1 Å². The Balaban J connectivity index is 1.03. The number of rotatable bonds is 7. The molecule has 10 heteroatoms.